The van der Waals surface area contributed by atoms with E-state index in [0.717, 1.165) is 19.3 Å². The molecule has 1 unspecified atom stereocenters. The standard InChI is InChI=1S/C14H16BrF2NO2/c15-10-5-6-11(16)9(13(10)17)8-18-7-3-1-2-4-12(18)14(19)20/h5-6,12H,1-4,7-8H2,(H,19,20). The van der Waals surface area contributed by atoms with Crippen LogP contribution in [0.2, 0.25) is 0 Å². The lowest BCUT2D eigenvalue weighted by Gasteiger charge is -2.27. The third-order valence-corrected chi connectivity index (χ3v) is 4.26. The summed E-state index contributed by atoms with van der Waals surface area (Å²) >= 11 is 3.03. The van der Waals surface area contributed by atoms with E-state index in [1.54, 1.807) is 4.90 Å². The number of aliphatic carboxylic acids is 1. The van der Waals surface area contributed by atoms with Gasteiger partial charge < -0.3 is 5.11 Å². The fraction of sp³-hybridized carbons (Fsp3) is 0.500. The molecule has 1 saturated heterocycles. The Labute approximate surface area is 124 Å². The fourth-order valence-corrected chi connectivity index (χ4v) is 2.93. The van der Waals surface area contributed by atoms with Gasteiger partial charge in [-0.15, -0.1) is 0 Å². The summed E-state index contributed by atoms with van der Waals surface area (Å²) in [6.07, 6.45) is 3.15. The zero-order valence-corrected chi connectivity index (χ0v) is 12.5. The van der Waals surface area contributed by atoms with Crippen molar-refractivity contribution in [3.63, 3.8) is 0 Å². The van der Waals surface area contributed by atoms with Gasteiger partial charge in [-0.2, -0.15) is 0 Å². The summed E-state index contributed by atoms with van der Waals surface area (Å²) in [4.78, 5) is 13.0. The molecule has 1 fully saturated rings. The molecule has 1 heterocycles. The Bertz CT molecular complexity index is 510. The van der Waals surface area contributed by atoms with Crippen LogP contribution in [0.3, 0.4) is 0 Å². The molecule has 1 N–H and O–H groups in total. The van der Waals surface area contributed by atoms with Crippen LogP contribution in [0.15, 0.2) is 16.6 Å². The van der Waals surface area contributed by atoms with E-state index < -0.39 is 23.6 Å². The van der Waals surface area contributed by atoms with Crippen LogP contribution in [0, 0.1) is 11.6 Å². The molecule has 0 spiro atoms. The summed E-state index contributed by atoms with van der Waals surface area (Å²) in [6, 6.07) is 1.83. The molecule has 1 aliphatic heterocycles. The van der Waals surface area contributed by atoms with Crippen LogP contribution in [0.1, 0.15) is 31.2 Å². The van der Waals surface area contributed by atoms with Gasteiger partial charge in [0.25, 0.3) is 0 Å². The highest BCUT2D eigenvalue weighted by Crippen LogP contribution is 2.25. The predicted molar refractivity (Wildman–Crippen MR) is 74.4 cm³/mol. The van der Waals surface area contributed by atoms with Gasteiger partial charge in [0.05, 0.1) is 4.47 Å². The first-order chi connectivity index (χ1) is 9.50. The molecule has 0 bridgehead atoms. The van der Waals surface area contributed by atoms with E-state index in [2.05, 4.69) is 15.9 Å². The Hall–Kier alpha value is -1.01. The summed E-state index contributed by atoms with van der Waals surface area (Å²) < 4.78 is 28.0. The van der Waals surface area contributed by atoms with Crippen molar-refractivity contribution in [3.05, 3.63) is 33.8 Å². The maximum Gasteiger partial charge on any atom is 0.320 e. The van der Waals surface area contributed by atoms with Gasteiger partial charge in [0, 0.05) is 12.1 Å². The largest absolute Gasteiger partial charge is 0.480 e. The van der Waals surface area contributed by atoms with Gasteiger partial charge in [0.1, 0.15) is 17.7 Å². The van der Waals surface area contributed by atoms with E-state index in [9.17, 15) is 18.7 Å². The summed E-state index contributed by atoms with van der Waals surface area (Å²) in [6.45, 7) is 0.524. The lowest BCUT2D eigenvalue weighted by molar-refractivity contribution is -0.143. The highest BCUT2D eigenvalue weighted by molar-refractivity contribution is 9.10. The second-order valence-corrected chi connectivity index (χ2v) is 5.85. The monoisotopic (exact) mass is 347 g/mol. The van der Waals surface area contributed by atoms with Crippen molar-refractivity contribution in [2.75, 3.05) is 6.54 Å². The molecule has 1 aromatic rings. The van der Waals surface area contributed by atoms with Crippen molar-refractivity contribution in [1.82, 2.24) is 4.90 Å². The number of hydrogen-bond donors (Lipinski definition) is 1. The first-order valence-corrected chi connectivity index (χ1v) is 7.39. The molecule has 0 amide bonds. The average molecular weight is 348 g/mol. The molecule has 110 valence electrons. The molecular weight excluding hydrogens is 332 g/mol. The molecule has 1 aromatic carbocycles. The minimum Gasteiger partial charge on any atom is -0.480 e. The Morgan fingerprint density at radius 2 is 2.10 bits per heavy atom. The number of rotatable bonds is 3. The van der Waals surface area contributed by atoms with E-state index in [1.165, 1.54) is 12.1 Å². The smallest absolute Gasteiger partial charge is 0.320 e. The first kappa shape index (κ1) is 15.4. The zero-order chi connectivity index (χ0) is 14.7. The first-order valence-electron chi connectivity index (χ1n) is 6.60. The summed E-state index contributed by atoms with van der Waals surface area (Å²) in [7, 11) is 0. The number of benzene rings is 1. The van der Waals surface area contributed by atoms with E-state index in [-0.39, 0.29) is 16.6 Å². The zero-order valence-electron chi connectivity index (χ0n) is 10.9. The van der Waals surface area contributed by atoms with Gasteiger partial charge in [0.2, 0.25) is 0 Å². The minimum atomic E-state index is -0.928. The predicted octanol–water partition coefficient (Wildman–Crippen LogP) is 3.56. The molecule has 20 heavy (non-hydrogen) atoms. The van der Waals surface area contributed by atoms with Crippen LogP contribution in [0.25, 0.3) is 0 Å². The second-order valence-electron chi connectivity index (χ2n) is 5.00. The summed E-state index contributed by atoms with van der Waals surface area (Å²) in [5, 5.41) is 9.27. The van der Waals surface area contributed by atoms with Gasteiger partial charge >= 0.3 is 5.97 Å². The fourth-order valence-electron chi connectivity index (χ4n) is 2.55. The number of carbonyl (C=O) groups is 1. The quantitative estimate of drug-likeness (QED) is 0.850. The Kier molecular flexibility index (Phi) is 5.10. The summed E-state index contributed by atoms with van der Waals surface area (Å²) in [5.41, 5.74) is -0.0764. The lowest BCUT2D eigenvalue weighted by atomic mass is 10.1. The molecule has 1 atom stereocenters. The SMILES string of the molecule is O=C(O)C1CCCCCN1Cc1c(F)ccc(Br)c1F. The van der Waals surface area contributed by atoms with Crippen LogP contribution < -0.4 is 0 Å². The van der Waals surface area contributed by atoms with Crippen molar-refractivity contribution in [2.24, 2.45) is 0 Å². The van der Waals surface area contributed by atoms with Gasteiger partial charge in [0.15, 0.2) is 0 Å². The minimum absolute atomic E-state index is 0.0198. The van der Waals surface area contributed by atoms with E-state index in [4.69, 9.17) is 0 Å². The summed E-state index contributed by atoms with van der Waals surface area (Å²) in [5.74, 6) is -2.22. The van der Waals surface area contributed by atoms with E-state index in [0.29, 0.717) is 13.0 Å². The number of nitrogens with zero attached hydrogens (tertiary/aromatic N) is 1. The van der Waals surface area contributed by atoms with Crippen molar-refractivity contribution in [3.8, 4) is 0 Å². The van der Waals surface area contributed by atoms with Gasteiger partial charge in [-0.05, 0) is 47.4 Å². The maximum absolute atomic E-state index is 14.0. The Morgan fingerprint density at radius 3 is 2.80 bits per heavy atom. The molecule has 0 radical (unpaired) electrons. The van der Waals surface area contributed by atoms with Crippen LogP contribution in [0.4, 0.5) is 8.78 Å². The molecule has 6 heteroatoms. The van der Waals surface area contributed by atoms with Crippen LogP contribution >= 0.6 is 15.9 Å². The second kappa shape index (κ2) is 6.63. The van der Waals surface area contributed by atoms with E-state index >= 15 is 0 Å². The normalized spacial score (nSPS) is 20.6. The van der Waals surface area contributed by atoms with Crippen molar-refractivity contribution >= 4 is 21.9 Å². The number of hydrogen-bond acceptors (Lipinski definition) is 2. The highest BCUT2D eigenvalue weighted by atomic mass is 79.9. The number of carboxylic acids is 1. The van der Waals surface area contributed by atoms with Crippen LogP contribution in [0.5, 0.6) is 0 Å². The number of likely N-dealkylation sites (tertiary alicyclic amines) is 1. The molecule has 2 rings (SSSR count). The third-order valence-electron chi connectivity index (χ3n) is 3.65. The molecule has 0 aliphatic carbocycles. The van der Waals surface area contributed by atoms with Gasteiger partial charge in [-0.1, -0.05) is 12.8 Å². The van der Waals surface area contributed by atoms with Crippen LogP contribution in [-0.2, 0) is 11.3 Å². The number of carboxylic acid groups (broad SMARTS) is 1. The molecule has 0 saturated carbocycles. The van der Waals surface area contributed by atoms with Gasteiger partial charge in [-0.3, -0.25) is 9.69 Å². The molecule has 1 aliphatic rings. The number of halogens is 3. The maximum atomic E-state index is 14.0. The Balaban J connectivity index is 2.26. The molecule has 3 nitrogen and oxygen atoms in total. The van der Waals surface area contributed by atoms with Gasteiger partial charge in [-0.25, -0.2) is 8.78 Å². The average Bonchev–Trinajstić information content (AvgIpc) is 2.64. The van der Waals surface area contributed by atoms with Crippen molar-refractivity contribution in [2.45, 2.75) is 38.3 Å². The van der Waals surface area contributed by atoms with Crippen molar-refractivity contribution in [1.29, 1.82) is 0 Å². The van der Waals surface area contributed by atoms with Crippen LogP contribution in [-0.4, -0.2) is 28.6 Å². The lowest BCUT2D eigenvalue weighted by Crippen LogP contribution is -2.40. The highest BCUT2D eigenvalue weighted by Gasteiger charge is 2.28. The van der Waals surface area contributed by atoms with E-state index in [1.807, 2.05) is 0 Å². The third kappa shape index (κ3) is 3.35. The topological polar surface area (TPSA) is 40.5 Å². The molecular formula is C14H16BrF2NO2. The van der Waals surface area contributed by atoms with Crippen molar-refractivity contribution < 1.29 is 18.7 Å². The Morgan fingerprint density at radius 1 is 1.35 bits per heavy atom. The molecule has 0 aromatic heterocycles.